The SMILES string of the molecule is CNc1cccc(C(=O)N2CCSC(C)C2C)c1[N+](=O)[O-]. The minimum Gasteiger partial charge on any atom is -0.383 e. The number of carbonyl (C=O) groups is 1. The van der Waals surface area contributed by atoms with Gasteiger partial charge < -0.3 is 10.2 Å². The Hall–Kier alpha value is -1.76. The van der Waals surface area contributed by atoms with Crippen LogP contribution in [0.25, 0.3) is 0 Å². The summed E-state index contributed by atoms with van der Waals surface area (Å²) in [4.78, 5) is 25.3. The van der Waals surface area contributed by atoms with Gasteiger partial charge >= 0.3 is 5.69 Å². The standard InChI is InChI=1S/C14H19N3O3S/c1-9-10(2)21-8-7-16(9)14(18)11-5-4-6-12(15-3)13(11)17(19)20/h4-6,9-10,15H,7-8H2,1-3H3. The van der Waals surface area contributed by atoms with Gasteiger partial charge in [0.15, 0.2) is 0 Å². The first-order chi connectivity index (χ1) is 9.97. The second-order valence-electron chi connectivity index (χ2n) is 5.02. The molecule has 0 bridgehead atoms. The molecule has 1 fully saturated rings. The number of nitrogens with one attached hydrogen (secondary N) is 1. The van der Waals surface area contributed by atoms with Crippen LogP contribution in [0.5, 0.6) is 0 Å². The van der Waals surface area contributed by atoms with E-state index in [0.29, 0.717) is 17.5 Å². The van der Waals surface area contributed by atoms with Crippen molar-refractivity contribution in [3.63, 3.8) is 0 Å². The van der Waals surface area contributed by atoms with Crippen molar-refractivity contribution in [1.82, 2.24) is 4.90 Å². The summed E-state index contributed by atoms with van der Waals surface area (Å²) < 4.78 is 0. The molecule has 1 N–H and O–H groups in total. The minimum atomic E-state index is -0.494. The van der Waals surface area contributed by atoms with Crippen molar-refractivity contribution >= 4 is 29.0 Å². The lowest BCUT2D eigenvalue weighted by Gasteiger charge is -2.37. The zero-order valence-corrected chi connectivity index (χ0v) is 13.1. The maximum atomic E-state index is 12.7. The number of anilines is 1. The van der Waals surface area contributed by atoms with Crippen molar-refractivity contribution in [2.24, 2.45) is 0 Å². The number of hydrogen-bond donors (Lipinski definition) is 1. The molecule has 1 heterocycles. The molecule has 7 heteroatoms. The molecule has 2 unspecified atom stereocenters. The van der Waals surface area contributed by atoms with Crippen molar-refractivity contribution in [2.45, 2.75) is 25.1 Å². The third-order valence-electron chi connectivity index (χ3n) is 3.86. The van der Waals surface area contributed by atoms with E-state index in [1.54, 1.807) is 24.1 Å². The highest BCUT2D eigenvalue weighted by molar-refractivity contribution is 8.00. The number of hydrogen-bond acceptors (Lipinski definition) is 5. The molecule has 21 heavy (non-hydrogen) atoms. The summed E-state index contributed by atoms with van der Waals surface area (Å²) in [5.41, 5.74) is 0.360. The Kier molecular flexibility index (Phi) is 4.72. The lowest BCUT2D eigenvalue weighted by Crippen LogP contribution is -2.48. The van der Waals surface area contributed by atoms with Crippen LogP contribution in [-0.4, -0.2) is 46.4 Å². The third kappa shape index (κ3) is 2.97. The molecule has 2 rings (SSSR count). The van der Waals surface area contributed by atoms with E-state index in [2.05, 4.69) is 12.2 Å². The fourth-order valence-corrected chi connectivity index (χ4v) is 3.59. The average molecular weight is 309 g/mol. The van der Waals surface area contributed by atoms with E-state index in [4.69, 9.17) is 0 Å². The Morgan fingerprint density at radius 3 is 2.81 bits per heavy atom. The number of nitro benzene ring substituents is 1. The monoisotopic (exact) mass is 309 g/mol. The largest absolute Gasteiger partial charge is 0.383 e. The normalized spacial score (nSPS) is 22.0. The quantitative estimate of drug-likeness (QED) is 0.686. The van der Waals surface area contributed by atoms with Gasteiger partial charge in [-0.25, -0.2) is 0 Å². The number of rotatable bonds is 3. The zero-order chi connectivity index (χ0) is 15.6. The van der Waals surface area contributed by atoms with Crippen LogP contribution in [0.2, 0.25) is 0 Å². The Morgan fingerprint density at radius 2 is 2.19 bits per heavy atom. The molecule has 0 saturated carbocycles. The zero-order valence-electron chi connectivity index (χ0n) is 12.3. The molecule has 1 aliphatic rings. The van der Waals surface area contributed by atoms with Crippen LogP contribution in [0.15, 0.2) is 18.2 Å². The number of benzene rings is 1. The highest BCUT2D eigenvalue weighted by atomic mass is 32.2. The Morgan fingerprint density at radius 1 is 1.48 bits per heavy atom. The Balaban J connectivity index is 2.41. The molecule has 1 aromatic rings. The van der Waals surface area contributed by atoms with Gasteiger partial charge in [0.05, 0.1) is 4.92 Å². The first kappa shape index (κ1) is 15.6. The molecule has 2 atom stereocenters. The summed E-state index contributed by atoms with van der Waals surface area (Å²) in [6, 6.07) is 4.86. The molecular weight excluding hydrogens is 290 g/mol. The van der Waals surface area contributed by atoms with Crippen LogP contribution in [0.3, 0.4) is 0 Å². The van der Waals surface area contributed by atoms with Gasteiger partial charge in [-0.15, -0.1) is 0 Å². The van der Waals surface area contributed by atoms with E-state index in [1.807, 2.05) is 18.7 Å². The third-order valence-corrected chi connectivity index (χ3v) is 5.20. The van der Waals surface area contributed by atoms with Gasteiger partial charge in [-0.05, 0) is 19.1 Å². The van der Waals surface area contributed by atoms with Crippen molar-refractivity contribution in [1.29, 1.82) is 0 Å². The van der Waals surface area contributed by atoms with E-state index < -0.39 is 4.92 Å². The smallest absolute Gasteiger partial charge is 0.305 e. The highest BCUT2D eigenvalue weighted by Gasteiger charge is 2.33. The van der Waals surface area contributed by atoms with Crippen LogP contribution in [-0.2, 0) is 0 Å². The summed E-state index contributed by atoms with van der Waals surface area (Å²) in [5, 5.41) is 14.4. The Bertz CT molecular complexity index is 564. The molecule has 1 amide bonds. The van der Waals surface area contributed by atoms with E-state index >= 15 is 0 Å². The molecular formula is C14H19N3O3S. The van der Waals surface area contributed by atoms with Crippen LogP contribution in [0.4, 0.5) is 11.4 Å². The summed E-state index contributed by atoms with van der Waals surface area (Å²) in [6.07, 6.45) is 0. The molecule has 6 nitrogen and oxygen atoms in total. The second-order valence-corrected chi connectivity index (χ2v) is 6.51. The predicted molar refractivity (Wildman–Crippen MR) is 85.1 cm³/mol. The van der Waals surface area contributed by atoms with Gasteiger partial charge in [-0.3, -0.25) is 14.9 Å². The number of carbonyl (C=O) groups excluding carboxylic acids is 1. The topological polar surface area (TPSA) is 75.5 Å². The van der Waals surface area contributed by atoms with Crippen LogP contribution in [0.1, 0.15) is 24.2 Å². The molecule has 1 saturated heterocycles. The fourth-order valence-electron chi connectivity index (χ4n) is 2.49. The van der Waals surface area contributed by atoms with Crippen molar-refractivity contribution in [3.8, 4) is 0 Å². The van der Waals surface area contributed by atoms with Gasteiger partial charge in [0.1, 0.15) is 11.3 Å². The Labute approximate surface area is 128 Å². The minimum absolute atomic E-state index is 0.0640. The molecule has 114 valence electrons. The number of amides is 1. The van der Waals surface area contributed by atoms with Gasteiger partial charge in [0.25, 0.3) is 5.91 Å². The molecule has 1 aliphatic heterocycles. The van der Waals surface area contributed by atoms with Crippen molar-refractivity contribution < 1.29 is 9.72 Å². The van der Waals surface area contributed by atoms with Crippen LogP contribution < -0.4 is 5.32 Å². The molecule has 0 aliphatic carbocycles. The van der Waals surface area contributed by atoms with Crippen molar-refractivity contribution in [3.05, 3.63) is 33.9 Å². The fraction of sp³-hybridized carbons (Fsp3) is 0.500. The average Bonchev–Trinajstić information content (AvgIpc) is 2.48. The number of para-hydroxylation sites is 1. The van der Waals surface area contributed by atoms with Gasteiger partial charge in [-0.2, -0.15) is 11.8 Å². The first-order valence-corrected chi connectivity index (χ1v) is 7.90. The molecule has 0 aromatic heterocycles. The van der Waals surface area contributed by atoms with Crippen LogP contribution >= 0.6 is 11.8 Å². The van der Waals surface area contributed by atoms with Crippen LogP contribution in [0, 0.1) is 10.1 Å². The van der Waals surface area contributed by atoms with Crippen molar-refractivity contribution in [2.75, 3.05) is 24.7 Å². The van der Waals surface area contributed by atoms with E-state index in [-0.39, 0.29) is 23.2 Å². The van der Waals surface area contributed by atoms with Gasteiger partial charge in [0.2, 0.25) is 0 Å². The molecule has 0 radical (unpaired) electrons. The van der Waals surface area contributed by atoms with Gasteiger partial charge in [0, 0.05) is 30.6 Å². The summed E-state index contributed by atoms with van der Waals surface area (Å²) in [6.45, 7) is 4.69. The molecule has 1 aromatic carbocycles. The van der Waals surface area contributed by atoms with E-state index in [9.17, 15) is 14.9 Å². The predicted octanol–water partition coefficient (Wildman–Crippen LogP) is 2.60. The summed E-state index contributed by atoms with van der Waals surface area (Å²) >= 11 is 1.82. The second kappa shape index (κ2) is 6.34. The summed E-state index contributed by atoms with van der Waals surface area (Å²) in [5.74, 6) is 0.593. The maximum Gasteiger partial charge on any atom is 0.305 e. The first-order valence-electron chi connectivity index (χ1n) is 6.85. The number of nitrogens with zero attached hydrogens (tertiary/aromatic N) is 2. The maximum absolute atomic E-state index is 12.7. The van der Waals surface area contributed by atoms with Gasteiger partial charge in [-0.1, -0.05) is 13.0 Å². The number of thioether (sulfide) groups is 1. The number of nitro groups is 1. The molecule has 0 spiro atoms. The van der Waals surface area contributed by atoms with E-state index in [0.717, 1.165) is 5.75 Å². The lowest BCUT2D eigenvalue weighted by molar-refractivity contribution is -0.384. The summed E-state index contributed by atoms with van der Waals surface area (Å²) in [7, 11) is 1.61. The lowest BCUT2D eigenvalue weighted by atomic mass is 10.1. The highest BCUT2D eigenvalue weighted by Crippen LogP contribution is 2.32. The van der Waals surface area contributed by atoms with E-state index in [1.165, 1.54) is 6.07 Å².